The molecule has 1 aliphatic carbocycles. The molecule has 1 aliphatic rings. The standard InChI is InChI=1S/C16H15N3O3.C11H13I.C5H6O/c1-10-6-7-13-14(17-10)15(18-19(13)2)22-9-11-4-3-5-12(8-11)16(20)21;1-7-5-8(2)11(12)6-10(7)9-3-4-9;1-3-4-5(2)6/h3-8H,9H2,1-2H3,(H,20,21);5-6,9H,3-4H2,1-2H3;1-2H3. The van der Waals surface area contributed by atoms with Gasteiger partial charge in [0, 0.05) is 23.2 Å². The minimum Gasteiger partial charge on any atom is -0.478 e. The van der Waals surface area contributed by atoms with Crippen LogP contribution < -0.4 is 4.74 Å². The number of carboxylic acid groups (broad SMARTS) is 1. The summed E-state index contributed by atoms with van der Waals surface area (Å²) in [6, 6.07) is 15.2. The summed E-state index contributed by atoms with van der Waals surface area (Å²) in [7, 11) is 1.83. The summed E-state index contributed by atoms with van der Waals surface area (Å²) in [6.45, 7) is 9.65. The van der Waals surface area contributed by atoms with Crippen molar-refractivity contribution in [2.75, 3.05) is 0 Å². The number of benzene rings is 2. The molecule has 0 saturated heterocycles. The number of pyridine rings is 1. The topological polar surface area (TPSA) is 94.3 Å². The molecule has 0 atom stereocenters. The lowest BCUT2D eigenvalue weighted by atomic mass is 10.0. The summed E-state index contributed by atoms with van der Waals surface area (Å²) in [5, 5.41) is 13.3. The molecule has 0 unspecified atom stereocenters. The van der Waals surface area contributed by atoms with Gasteiger partial charge in [0.25, 0.3) is 5.88 Å². The summed E-state index contributed by atoms with van der Waals surface area (Å²) < 4.78 is 8.86. The molecule has 40 heavy (non-hydrogen) atoms. The van der Waals surface area contributed by atoms with Gasteiger partial charge in [0.1, 0.15) is 6.61 Å². The number of carbonyl (C=O) groups excluding carboxylic acids is 1. The van der Waals surface area contributed by atoms with Crippen molar-refractivity contribution in [1.82, 2.24) is 14.8 Å². The van der Waals surface area contributed by atoms with Gasteiger partial charge in [0.2, 0.25) is 5.78 Å². The summed E-state index contributed by atoms with van der Waals surface area (Å²) in [4.78, 5) is 25.3. The van der Waals surface area contributed by atoms with Crippen LogP contribution in [-0.4, -0.2) is 31.6 Å². The normalized spacial score (nSPS) is 11.8. The third-order valence-electron chi connectivity index (χ3n) is 6.22. The van der Waals surface area contributed by atoms with E-state index in [2.05, 4.69) is 70.5 Å². The first-order chi connectivity index (χ1) is 19.0. The monoisotopic (exact) mass is 651 g/mol. The number of fused-ring (bicyclic) bond motifs is 1. The van der Waals surface area contributed by atoms with E-state index in [1.807, 2.05) is 32.2 Å². The van der Waals surface area contributed by atoms with Crippen molar-refractivity contribution >= 4 is 45.4 Å². The molecule has 0 spiro atoms. The highest BCUT2D eigenvalue weighted by Gasteiger charge is 2.25. The van der Waals surface area contributed by atoms with Crippen LogP contribution in [0, 0.1) is 36.2 Å². The van der Waals surface area contributed by atoms with Crippen molar-refractivity contribution in [3.05, 3.63) is 85.6 Å². The predicted molar refractivity (Wildman–Crippen MR) is 166 cm³/mol. The van der Waals surface area contributed by atoms with Gasteiger partial charge in [-0.3, -0.25) is 9.48 Å². The Morgan fingerprint density at radius 2 is 1.82 bits per heavy atom. The minimum absolute atomic E-state index is 0.0718. The van der Waals surface area contributed by atoms with E-state index in [0.29, 0.717) is 11.4 Å². The first-order valence-electron chi connectivity index (χ1n) is 13.0. The molecule has 4 aromatic rings. The third-order valence-corrected chi connectivity index (χ3v) is 7.38. The minimum atomic E-state index is -0.956. The highest BCUT2D eigenvalue weighted by molar-refractivity contribution is 14.1. The first-order valence-corrected chi connectivity index (χ1v) is 14.0. The Morgan fingerprint density at radius 1 is 1.10 bits per heavy atom. The van der Waals surface area contributed by atoms with Crippen LogP contribution in [0.5, 0.6) is 5.88 Å². The molecule has 1 saturated carbocycles. The number of nitrogens with zero attached hydrogens (tertiary/aromatic N) is 3. The SMILES string of the molecule is CC#CC(C)=O.Cc1cc(C)c(C2CC2)cc1I.Cc1ccc2c(n1)c(OCc1cccc(C(=O)O)c1)nn2C. The number of hydrogen-bond donors (Lipinski definition) is 1. The lowest BCUT2D eigenvalue weighted by Crippen LogP contribution is -2.01. The van der Waals surface area contributed by atoms with Crippen LogP contribution in [0.25, 0.3) is 11.0 Å². The molecule has 2 aromatic carbocycles. The van der Waals surface area contributed by atoms with Crippen molar-refractivity contribution < 1.29 is 19.4 Å². The van der Waals surface area contributed by atoms with E-state index >= 15 is 0 Å². The Kier molecular flexibility index (Phi) is 10.8. The van der Waals surface area contributed by atoms with Gasteiger partial charge in [-0.1, -0.05) is 24.1 Å². The average Bonchev–Trinajstić information content (AvgIpc) is 3.70. The summed E-state index contributed by atoms with van der Waals surface area (Å²) in [5.74, 6) is 5.09. The largest absolute Gasteiger partial charge is 0.478 e. The van der Waals surface area contributed by atoms with Gasteiger partial charge in [0.05, 0.1) is 11.1 Å². The molecule has 1 N–H and O–H groups in total. The lowest BCUT2D eigenvalue weighted by Gasteiger charge is -2.07. The maximum absolute atomic E-state index is 11.0. The van der Waals surface area contributed by atoms with Gasteiger partial charge in [-0.15, -0.1) is 5.10 Å². The van der Waals surface area contributed by atoms with Crippen molar-refractivity contribution in [2.24, 2.45) is 7.05 Å². The van der Waals surface area contributed by atoms with Gasteiger partial charge in [-0.05, 0) is 128 Å². The Bertz CT molecular complexity index is 1590. The zero-order valence-corrected chi connectivity index (χ0v) is 25.9. The quantitative estimate of drug-likeness (QED) is 0.143. The fourth-order valence-corrected chi connectivity index (χ4v) is 4.59. The Hall–Kier alpha value is -3.71. The maximum atomic E-state index is 11.0. The predicted octanol–water partition coefficient (Wildman–Crippen LogP) is 6.94. The number of rotatable bonds is 5. The van der Waals surface area contributed by atoms with Crippen molar-refractivity contribution in [2.45, 2.75) is 60.0 Å². The zero-order valence-electron chi connectivity index (χ0n) is 23.7. The van der Waals surface area contributed by atoms with Gasteiger partial charge < -0.3 is 9.84 Å². The van der Waals surface area contributed by atoms with Gasteiger partial charge >= 0.3 is 5.97 Å². The first kappa shape index (κ1) is 30.8. The van der Waals surface area contributed by atoms with E-state index in [9.17, 15) is 9.59 Å². The molecule has 2 heterocycles. The molecule has 208 valence electrons. The second-order valence-corrected chi connectivity index (χ2v) is 10.9. The highest BCUT2D eigenvalue weighted by Crippen LogP contribution is 2.42. The van der Waals surface area contributed by atoms with Gasteiger partial charge in [0.15, 0.2) is 5.52 Å². The Morgan fingerprint density at radius 3 is 2.42 bits per heavy atom. The third kappa shape index (κ3) is 8.65. The van der Waals surface area contributed by atoms with Crippen LogP contribution in [0.2, 0.25) is 0 Å². The summed E-state index contributed by atoms with van der Waals surface area (Å²) in [6.07, 6.45) is 2.81. The number of ether oxygens (including phenoxy) is 1. The Balaban J connectivity index is 0.000000204. The second kappa shape index (κ2) is 14.1. The smallest absolute Gasteiger partial charge is 0.335 e. The van der Waals surface area contributed by atoms with E-state index < -0.39 is 5.97 Å². The fourth-order valence-electron chi connectivity index (χ4n) is 4.10. The maximum Gasteiger partial charge on any atom is 0.335 e. The van der Waals surface area contributed by atoms with E-state index in [-0.39, 0.29) is 18.0 Å². The van der Waals surface area contributed by atoms with Crippen molar-refractivity contribution in [3.8, 4) is 17.7 Å². The summed E-state index contributed by atoms with van der Waals surface area (Å²) >= 11 is 2.43. The number of carboxylic acids is 1. The van der Waals surface area contributed by atoms with Crippen molar-refractivity contribution in [1.29, 1.82) is 0 Å². The number of ketones is 1. The zero-order chi connectivity index (χ0) is 29.4. The molecule has 0 radical (unpaired) electrons. The number of aromatic carboxylic acids is 1. The highest BCUT2D eigenvalue weighted by atomic mass is 127. The van der Waals surface area contributed by atoms with E-state index in [0.717, 1.165) is 22.7 Å². The number of Topliss-reactive ketones (excluding diaryl/α,β-unsaturated/α-hetero) is 1. The molecule has 7 nitrogen and oxygen atoms in total. The number of hydrogen-bond acceptors (Lipinski definition) is 5. The fraction of sp³-hybridized carbons (Fsp3) is 0.312. The molecule has 0 amide bonds. The van der Waals surface area contributed by atoms with E-state index in [1.54, 1.807) is 35.4 Å². The second-order valence-electron chi connectivity index (χ2n) is 9.71. The van der Waals surface area contributed by atoms with E-state index in [4.69, 9.17) is 9.84 Å². The molecular formula is C32H34IN3O4. The average molecular weight is 652 g/mol. The number of carbonyl (C=O) groups is 2. The summed E-state index contributed by atoms with van der Waals surface area (Å²) in [5.41, 5.74) is 7.97. The molecular weight excluding hydrogens is 617 g/mol. The van der Waals surface area contributed by atoms with E-state index in [1.165, 1.54) is 34.5 Å². The molecule has 0 aliphatic heterocycles. The lowest BCUT2D eigenvalue weighted by molar-refractivity contribution is -0.111. The van der Waals surface area contributed by atoms with Crippen LogP contribution in [0.15, 0.2) is 48.5 Å². The molecule has 8 heteroatoms. The number of aryl methyl sites for hydroxylation is 4. The number of halogens is 1. The molecule has 2 aromatic heterocycles. The van der Waals surface area contributed by atoms with Crippen LogP contribution in [0.3, 0.4) is 0 Å². The van der Waals surface area contributed by atoms with Crippen LogP contribution in [-0.2, 0) is 18.4 Å². The van der Waals surface area contributed by atoms with Gasteiger partial charge in [-0.25, -0.2) is 9.78 Å². The van der Waals surface area contributed by atoms with Crippen molar-refractivity contribution in [3.63, 3.8) is 0 Å². The molecule has 1 fully saturated rings. The van der Waals surface area contributed by atoms with Crippen LogP contribution in [0.4, 0.5) is 0 Å². The molecule has 5 rings (SSSR count). The van der Waals surface area contributed by atoms with Gasteiger partial charge in [-0.2, -0.15) is 0 Å². The number of aromatic nitrogens is 3. The van der Waals surface area contributed by atoms with Crippen LogP contribution in [0.1, 0.15) is 70.9 Å². The van der Waals surface area contributed by atoms with Crippen LogP contribution >= 0.6 is 22.6 Å². The molecule has 0 bridgehead atoms. The Labute approximate surface area is 249 Å².